The van der Waals surface area contributed by atoms with Gasteiger partial charge in [-0.15, -0.1) is 0 Å². The SMILES string of the molecule is Cc1cccc(NC(=O)/C(C#N)=C\[C@H]2C(=O)NC(=S)N(c3ccccc3)C2=O)c1. The predicted octanol–water partition coefficient (Wildman–Crippen LogP) is 2.45. The molecule has 29 heavy (non-hydrogen) atoms. The van der Waals surface area contributed by atoms with Gasteiger partial charge in [0.25, 0.3) is 5.91 Å². The maximum atomic E-state index is 12.9. The van der Waals surface area contributed by atoms with E-state index in [-0.39, 0.29) is 10.7 Å². The number of aryl methyl sites for hydroxylation is 1. The van der Waals surface area contributed by atoms with E-state index >= 15 is 0 Å². The molecule has 0 aromatic heterocycles. The highest BCUT2D eigenvalue weighted by molar-refractivity contribution is 7.80. The minimum Gasteiger partial charge on any atom is -0.321 e. The number of hydrogen-bond acceptors (Lipinski definition) is 5. The number of nitrogens with one attached hydrogen (secondary N) is 2. The quantitative estimate of drug-likeness (QED) is 0.353. The molecule has 0 unspecified atom stereocenters. The van der Waals surface area contributed by atoms with Crippen LogP contribution in [0.2, 0.25) is 0 Å². The van der Waals surface area contributed by atoms with Crippen molar-refractivity contribution >= 4 is 46.4 Å². The van der Waals surface area contributed by atoms with E-state index in [1.807, 2.05) is 13.0 Å². The van der Waals surface area contributed by atoms with Gasteiger partial charge in [0.2, 0.25) is 11.8 Å². The minimum atomic E-state index is -1.36. The molecule has 0 spiro atoms. The van der Waals surface area contributed by atoms with Crippen LogP contribution in [0.3, 0.4) is 0 Å². The molecule has 0 radical (unpaired) electrons. The topological polar surface area (TPSA) is 102 Å². The van der Waals surface area contributed by atoms with E-state index in [1.54, 1.807) is 54.6 Å². The number of amides is 3. The summed E-state index contributed by atoms with van der Waals surface area (Å²) < 4.78 is 0. The molecule has 1 aliphatic heterocycles. The molecule has 144 valence electrons. The van der Waals surface area contributed by atoms with Crippen LogP contribution in [0.1, 0.15) is 5.56 Å². The summed E-state index contributed by atoms with van der Waals surface area (Å²) in [6.07, 6.45) is 1.06. The van der Waals surface area contributed by atoms with Gasteiger partial charge < -0.3 is 10.6 Å². The number of carbonyl (C=O) groups is 3. The molecule has 1 saturated heterocycles. The van der Waals surface area contributed by atoms with Crippen molar-refractivity contribution < 1.29 is 14.4 Å². The molecule has 3 rings (SSSR count). The summed E-state index contributed by atoms with van der Waals surface area (Å²) >= 11 is 5.12. The van der Waals surface area contributed by atoms with Gasteiger partial charge in [-0.3, -0.25) is 19.3 Å². The highest BCUT2D eigenvalue weighted by Crippen LogP contribution is 2.22. The van der Waals surface area contributed by atoms with E-state index < -0.39 is 23.6 Å². The van der Waals surface area contributed by atoms with Crippen molar-refractivity contribution in [3.8, 4) is 6.07 Å². The molecule has 3 amide bonds. The van der Waals surface area contributed by atoms with Crippen LogP contribution < -0.4 is 15.5 Å². The first kappa shape index (κ1) is 19.9. The Balaban J connectivity index is 1.88. The zero-order valence-electron chi connectivity index (χ0n) is 15.4. The molecule has 1 atom stereocenters. The fourth-order valence-corrected chi connectivity index (χ4v) is 3.11. The molecule has 7 nitrogen and oxygen atoms in total. The number of para-hydroxylation sites is 1. The Kier molecular flexibility index (Phi) is 5.81. The Morgan fingerprint density at radius 2 is 1.93 bits per heavy atom. The Bertz CT molecular complexity index is 1070. The van der Waals surface area contributed by atoms with Crippen LogP contribution in [-0.2, 0) is 14.4 Å². The predicted molar refractivity (Wildman–Crippen MR) is 112 cm³/mol. The van der Waals surface area contributed by atoms with Crippen molar-refractivity contribution in [3.05, 3.63) is 71.8 Å². The van der Waals surface area contributed by atoms with Crippen LogP contribution in [0.25, 0.3) is 0 Å². The molecule has 0 aliphatic carbocycles. The zero-order chi connectivity index (χ0) is 21.0. The van der Waals surface area contributed by atoms with Crippen molar-refractivity contribution in [2.24, 2.45) is 5.92 Å². The lowest BCUT2D eigenvalue weighted by molar-refractivity contribution is -0.131. The number of anilines is 2. The molecular weight excluding hydrogens is 388 g/mol. The van der Waals surface area contributed by atoms with Crippen LogP contribution in [0.4, 0.5) is 11.4 Å². The Morgan fingerprint density at radius 3 is 2.59 bits per heavy atom. The van der Waals surface area contributed by atoms with Crippen LogP contribution in [-0.4, -0.2) is 22.8 Å². The van der Waals surface area contributed by atoms with Gasteiger partial charge in [0.15, 0.2) is 5.11 Å². The minimum absolute atomic E-state index is 0.0569. The van der Waals surface area contributed by atoms with E-state index in [0.29, 0.717) is 11.4 Å². The van der Waals surface area contributed by atoms with Crippen molar-refractivity contribution in [1.29, 1.82) is 5.26 Å². The standard InChI is InChI=1S/C21H16N4O3S/c1-13-6-5-7-15(10-13)23-18(26)14(12-22)11-17-19(27)24-21(29)25(20(17)28)16-8-3-2-4-9-16/h2-11,17H,1H3,(H,23,26)(H,24,27,29)/b14-11-/t17-/m0/s1. The van der Waals surface area contributed by atoms with Gasteiger partial charge in [-0.2, -0.15) is 5.26 Å². The third kappa shape index (κ3) is 4.36. The van der Waals surface area contributed by atoms with Gasteiger partial charge in [0.1, 0.15) is 17.6 Å². The maximum absolute atomic E-state index is 12.9. The number of carbonyl (C=O) groups excluding carboxylic acids is 3. The molecule has 2 aromatic rings. The van der Waals surface area contributed by atoms with Crippen LogP contribution >= 0.6 is 12.2 Å². The van der Waals surface area contributed by atoms with Crippen molar-refractivity contribution in [2.75, 3.05) is 10.2 Å². The van der Waals surface area contributed by atoms with E-state index in [0.717, 1.165) is 11.6 Å². The molecular formula is C21H16N4O3S. The number of benzene rings is 2. The number of thiocarbonyl (C=S) groups is 1. The molecule has 0 bridgehead atoms. The first-order valence-corrected chi connectivity index (χ1v) is 9.05. The van der Waals surface area contributed by atoms with Crippen molar-refractivity contribution in [2.45, 2.75) is 6.92 Å². The smallest absolute Gasteiger partial charge is 0.266 e. The lowest BCUT2D eigenvalue weighted by atomic mass is 10.0. The lowest BCUT2D eigenvalue weighted by Gasteiger charge is -2.31. The Hall–Kier alpha value is -3.83. The number of hydrogen-bond donors (Lipinski definition) is 2. The van der Waals surface area contributed by atoms with Crippen LogP contribution in [0.5, 0.6) is 0 Å². The molecule has 1 heterocycles. The number of nitrogens with zero attached hydrogens (tertiary/aromatic N) is 2. The second-order valence-electron chi connectivity index (χ2n) is 6.30. The van der Waals surface area contributed by atoms with E-state index in [2.05, 4.69) is 10.6 Å². The monoisotopic (exact) mass is 404 g/mol. The van der Waals surface area contributed by atoms with E-state index in [9.17, 15) is 19.6 Å². The summed E-state index contributed by atoms with van der Waals surface area (Å²) in [5.74, 6) is -3.40. The maximum Gasteiger partial charge on any atom is 0.266 e. The fraction of sp³-hybridized carbons (Fsp3) is 0.0952. The molecule has 1 aliphatic rings. The average Bonchev–Trinajstić information content (AvgIpc) is 2.68. The van der Waals surface area contributed by atoms with Gasteiger partial charge in [-0.25, -0.2) is 0 Å². The summed E-state index contributed by atoms with van der Waals surface area (Å²) in [5, 5.41) is 14.4. The number of nitriles is 1. The van der Waals surface area contributed by atoms with E-state index in [4.69, 9.17) is 12.2 Å². The van der Waals surface area contributed by atoms with Crippen LogP contribution in [0.15, 0.2) is 66.2 Å². The first-order valence-electron chi connectivity index (χ1n) is 8.64. The second kappa shape index (κ2) is 8.46. The summed E-state index contributed by atoms with van der Waals surface area (Å²) in [7, 11) is 0. The van der Waals surface area contributed by atoms with Crippen molar-refractivity contribution in [1.82, 2.24) is 5.32 Å². The largest absolute Gasteiger partial charge is 0.321 e. The summed E-state index contributed by atoms with van der Waals surface area (Å²) in [6, 6.07) is 17.4. The van der Waals surface area contributed by atoms with Gasteiger partial charge in [0.05, 0.1) is 5.69 Å². The average molecular weight is 404 g/mol. The fourth-order valence-electron chi connectivity index (χ4n) is 2.81. The first-order chi connectivity index (χ1) is 13.9. The molecule has 1 fully saturated rings. The van der Waals surface area contributed by atoms with Gasteiger partial charge in [-0.1, -0.05) is 30.3 Å². The van der Waals surface area contributed by atoms with E-state index in [1.165, 1.54) is 4.90 Å². The Labute approximate surface area is 172 Å². The highest BCUT2D eigenvalue weighted by Gasteiger charge is 2.38. The zero-order valence-corrected chi connectivity index (χ0v) is 16.2. The Morgan fingerprint density at radius 1 is 1.21 bits per heavy atom. The number of rotatable bonds is 4. The molecule has 8 heteroatoms. The molecule has 2 N–H and O–H groups in total. The third-order valence-electron chi connectivity index (χ3n) is 4.19. The van der Waals surface area contributed by atoms with Crippen LogP contribution in [0, 0.1) is 24.2 Å². The van der Waals surface area contributed by atoms with Gasteiger partial charge in [0, 0.05) is 5.69 Å². The normalized spacial score (nSPS) is 16.8. The summed E-state index contributed by atoms with van der Waals surface area (Å²) in [5.41, 5.74) is 1.56. The second-order valence-corrected chi connectivity index (χ2v) is 6.68. The summed E-state index contributed by atoms with van der Waals surface area (Å²) in [6.45, 7) is 1.86. The third-order valence-corrected chi connectivity index (χ3v) is 4.48. The molecule has 0 saturated carbocycles. The lowest BCUT2D eigenvalue weighted by Crippen LogP contribution is -2.57. The van der Waals surface area contributed by atoms with Gasteiger partial charge in [-0.05, 0) is 55.0 Å². The highest BCUT2D eigenvalue weighted by atomic mass is 32.1. The van der Waals surface area contributed by atoms with Gasteiger partial charge >= 0.3 is 0 Å². The van der Waals surface area contributed by atoms with Crippen molar-refractivity contribution in [3.63, 3.8) is 0 Å². The molecule has 2 aromatic carbocycles. The summed E-state index contributed by atoms with van der Waals surface area (Å²) in [4.78, 5) is 38.9.